The molecule has 0 saturated carbocycles. The van der Waals surface area contributed by atoms with E-state index in [0.29, 0.717) is 17.6 Å². The molecule has 1 N–H and O–H groups in total. The summed E-state index contributed by atoms with van der Waals surface area (Å²) in [5.74, 6) is 0.646. The number of hydrogen-bond acceptors (Lipinski definition) is 5. The molecule has 0 atom stereocenters. The van der Waals surface area contributed by atoms with E-state index in [1.807, 2.05) is 36.5 Å². The van der Waals surface area contributed by atoms with Gasteiger partial charge in [-0.25, -0.2) is 0 Å². The third-order valence-corrected chi connectivity index (χ3v) is 5.46. The van der Waals surface area contributed by atoms with Crippen LogP contribution in [0.4, 0.5) is 0 Å². The van der Waals surface area contributed by atoms with Gasteiger partial charge in [0.05, 0.1) is 18.1 Å². The second kappa shape index (κ2) is 8.43. The van der Waals surface area contributed by atoms with E-state index in [2.05, 4.69) is 32.4 Å². The molecule has 5 aromatic rings. The molecular weight excluding hydrogens is 400 g/mol. The number of nitrogens with one attached hydrogen (secondary N) is 1. The molecular formula is C26H20N4O2. The Morgan fingerprint density at radius 1 is 0.906 bits per heavy atom. The largest absolute Gasteiger partial charge is 0.497 e. The van der Waals surface area contributed by atoms with Gasteiger partial charge in [-0.05, 0) is 58.5 Å². The maximum atomic E-state index is 12.8. The number of aromatic nitrogens is 3. The van der Waals surface area contributed by atoms with E-state index < -0.39 is 0 Å². The van der Waals surface area contributed by atoms with Gasteiger partial charge in [-0.3, -0.25) is 19.7 Å². The first-order valence-corrected chi connectivity index (χ1v) is 10.2. The molecule has 0 bridgehead atoms. The standard InChI is InChI=1S/C26H20N4O2/c1-32-20-4-2-3-17(13-20)21-7-5-19(23-16-27-10-9-22(21)23)15-30-26(31)18-6-8-24-25(14-18)29-12-11-28-24/h2-14,16H,15H2,1H3,(H,30,31). The molecule has 6 nitrogen and oxygen atoms in total. The summed E-state index contributed by atoms with van der Waals surface area (Å²) < 4.78 is 5.38. The van der Waals surface area contributed by atoms with Crippen LogP contribution in [0.1, 0.15) is 15.9 Å². The highest BCUT2D eigenvalue weighted by Crippen LogP contribution is 2.32. The molecule has 2 heterocycles. The molecule has 0 aliphatic carbocycles. The number of methoxy groups -OCH3 is 1. The monoisotopic (exact) mass is 420 g/mol. The van der Waals surface area contributed by atoms with E-state index in [1.54, 1.807) is 43.9 Å². The minimum absolute atomic E-state index is 0.161. The predicted octanol–water partition coefficient (Wildman–Crippen LogP) is 4.78. The Morgan fingerprint density at radius 2 is 1.78 bits per heavy atom. The van der Waals surface area contributed by atoms with Gasteiger partial charge in [-0.2, -0.15) is 0 Å². The lowest BCUT2D eigenvalue weighted by Gasteiger charge is -2.13. The molecule has 0 saturated heterocycles. The van der Waals surface area contributed by atoms with E-state index in [1.165, 1.54) is 0 Å². The average Bonchev–Trinajstić information content (AvgIpc) is 2.86. The van der Waals surface area contributed by atoms with E-state index in [0.717, 1.165) is 38.7 Å². The van der Waals surface area contributed by atoms with E-state index in [9.17, 15) is 4.79 Å². The average molecular weight is 420 g/mol. The van der Waals surface area contributed by atoms with Crippen LogP contribution in [0.25, 0.3) is 32.9 Å². The van der Waals surface area contributed by atoms with Gasteiger partial charge in [0.15, 0.2) is 0 Å². The van der Waals surface area contributed by atoms with E-state index >= 15 is 0 Å². The molecule has 32 heavy (non-hydrogen) atoms. The van der Waals surface area contributed by atoms with Gasteiger partial charge < -0.3 is 10.1 Å². The number of pyridine rings is 1. The third kappa shape index (κ3) is 3.74. The summed E-state index contributed by atoms with van der Waals surface area (Å²) in [6, 6.07) is 19.4. The maximum absolute atomic E-state index is 12.8. The number of carbonyl (C=O) groups excluding carboxylic acids is 1. The van der Waals surface area contributed by atoms with Crippen molar-refractivity contribution in [1.82, 2.24) is 20.3 Å². The molecule has 2 aromatic heterocycles. The van der Waals surface area contributed by atoms with Crippen molar-refractivity contribution in [3.8, 4) is 16.9 Å². The van der Waals surface area contributed by atoms with Gasteiger partial charge >= 0.3 is 0 Å². The van der Waals surface area contributed by atoms with Crippen LogP contribution in [0.2, 0.25) is 0 Å². The number of ether oxygens (including phenoxy) is 1. The first-order chi connectivity index (χ1) is 15.7. The number of rotatable bonds is 5. The number of amides is 1. The van der Waals surface area contributed by atoms with E-state index in [-0.39, 0.29) is 5.91 Å². The lowest BCUT2D eigenvalue weighted by Crippen LogP contribution is -2.23. The van der Waals surface area contributed by atoms with Crippen LogP contribution in [-0.4, -0.2) is 28.0 Å². The zero-order valence-electron chi connectivity index (χ0n) is 17.4. The van der Waals surface area contributed by atoms with Crippen LogP contribution in [0.3, 0.4) is 0 Å². The predicted molar refractivity (Wildman–Crippen MR) is 124 cm³/mol. The van der Waals surface area contributed by atoms with Gasteiger partial charge in [0, 0.05) is 42.3 Å². The van der Waals surface area contributed by atoms with Crippen LogP contribution < -0.4 is 10.1 Å². The number of carbonyl (C=O) groups is 1. The fourth-order valence-corrected chi connectivity index (χ4v) is 3.83. The van der Waals surface area contributed by atoms with Crippen LogP contribution in [0.5, 0.6) is 5.75 Å². The Balaban J connectivity index is 1.44. The fraction of sp³-hybridized carbons (Fsp3) is 0.0769. The number of nitrogens with zero attached hydrogens (tertiary/aromatic N) is 3. The summed E-state index contributed by atoms with van der Waals surface area (Å²) in [5.41, 5.74) is 5.15. The highest BCUT2D eigenvalue weighted by molar-refractivity contribution is 5.99. The molecule has 5 rings (SSSR count). The summed E-state index contributed by atoms with van der Waals surface area (Å²) in [6.07, 6.45) is 6.88. The Bertz CT molecular complexity index is 1450. The van der Waals surface area contributed by atoms with Crippen LogP contribution >= 0.6 is 0 Å². The summed E-state index contributed by atoms with van der Waals surface area (Å²) in [5, 5.41) is 5.08. The van der Waals surface area contributed by atoms with Crippen molar-refractivity contribution in [3.05, 3.63) is 96.6 Å². The van der Waals surface area contributed by atoms with Crippen LogP contribution in [0.15, 0.2) is 85.5 Å². The zero-order valence-corrected chi connectivity index (χ0v) is 17.4. The minimum atomic E-state index is -0.161. The molecule has 0 aliphatic rings. The Labute approximate surface area is 184 Å². The fourth-order valence-electron chi connectivity index (χ4n) is 3.83. The Kier molecular flexibility index (Phi) is 5.17. The number of fused-ring (bicyclic) bond motifs is 2. The first-order valence-electron chi connectivity index (χ1n) is 10.2. The normalized spacial score (nSPS) is 10.9. The Morgan fingerprint density at radius 3 is 2.66 bits per heavy atom. The Hall–Kier alpha value is -4.32. The molecule has 6 heteroatoms. The highest BCUT2D eigenvalue weighted by atomic mass is 16.5. The molecule has 0 aliphatic heterocycles. The van der Waals surface area contributed by atoms with Crippen molar-refractivity contribution in [2.45, 2.75) is 6.54 Å². The first kappa shape index (κ1) is 19.6. The lowest BCUT2D eigenvalue weighted by atomic mass is 9.96. The number of benzene rings is 3. The molecule has 3 aromatic carbocycles. The molecule has 0 unspecified atom stereocenters. The molecule has 0 spiro atoms. The van der Waals surface area contributed by atoms with Crippen LogP contribution in [-0.2, 0) is 6.54 Å². The molecule has 0 fully saturated rings. The second-order valence-electron chi connectivity index (χ2n) is 7.37. The van der Waals surface area contributed by atoms with Gasteiger partial charge in [0.1, 0.15) is 5.75 Å². The summed E-state index contributed by atoms with van der Waals surface area (Å²) >= 11 is 0. The second-order valence-corrected chi connectivity index (χ2v) is 7.37. The topological polar surface area (TPSA) is 77.0 Å². The third-order valence-electron chi connectivity index (χ3n) is 5.46. The van der Waals surface area contributed by atoms with E-state index in [4.69, 9.17) is 4.74 Å². The van der Waals surface area contributed by atoms with Crippen molar-refractivity contribution in [3.63, 3.8) is 0 Å². The van der Waals surface area contributed by atoms with Crippen molar-refractivity contribution >= 4 is 27.7 Å². The number of hydrogen-bond donors (Lipinski definition) is 1. The van der Waals surface area contributed by atoms with Gasteiger partial charge in [0.2, 0.25) is 0 Å². The quantitative estimate of drug-likeness (QED) is 0.443. The SMILES string of the molecule is COc1cccc(-c2ccc(CNC(=O)c3ccc4nccnc4c3)c3cnccc23)c1. The van der Waals surface area contributed by atoms with Gasteiger partial charge in [-0.1, -0.05) is 24.3 Å². The highest BCUT2D eigenvalue weighted by Gasteiger charge is 2.11. The summed E-state index contributed by atoms with van der Waals surface area (Å²) in [6.45, 7) is 0.387. The van der Waals surface area contributed by atoms with Crippen LogP contribution in [0, 0.1) is 0 Å². The molecule has 156 valence electrons. The smallest absolute Gasteiger partial charge is 0.251 e. The minimum Gasteiger partial charge on any atom is -0.497 e. The van der Waals surface area contributed by atoms with Gasteiger partial charge in [-0.15, -0.1) is 0 Å². The molecule has 1 amide bonds. The lowest BCUT2D eigenvalue weighted by molar-refractivity contribution is 0.0951. The van der Waals surface area contributed by atoms with Crippen molar-refractivity contribution in [2.75, 3.05) is 7.11 Å². The van der Waals surface area contributed by atoms with Crippen molar-refractivity contribution in [2.24, 2.45) is 0 Å². The van der Waals surface area contributed by atoms with Crippen molar-refractivity contribution in [1.29, 1.82) is 0 Å². The zero-order chi connectivity index (χ0) is 21.9. The summed E-state index contributed by atoms with van der Waals surface area (Å²) in [4.78, 5) is 25.6. The maximum Gasteiger partial charge on any atom is 0.251 e. The van der Waals surface area contributed by atoms with Crippen molar-refractivity contribution < 1.29 is 9.53 Å². The summed E-state index contributed by atoms with van der Waals surface area (Å²) in [7, 11) is 1.66. The van der Waals surface area contributed by atoms with Gasteiger partial charge in [0.25, 0.3) is 5.91 Å². The molecule has 0 radical (unpaired) electrons.